The molecule has 0 spiro atoms. The van der Waals surface area contributed by atoms with Crippen LogP contribution in [0.3, 0.4) is 0 Å². The average molecular weight is 432 g/mol. The van der Waals surface area contributed by atoms with Crippen molar-refractivity contribution in [2.24, 2.45) is 0 Å². The first-order valence-corrected chi connectivity index (χ1v) is 11.5. The van der Waals surface area contributed by atoms with Gasteiger partial charge in [-0.3, -0.25) is 4.79 Å². The van der Waals surface area contributed by atoms with Crippen LogP contribution in [0.4, 0.5) is 0 Å². The summed E-state index contributed by atoms with van der Waals surface area (Å²) >= 11 is 0. The second-order valence-corrected chi connectivity index (χ2v) is 10.5. The molecule has 0 fully saturated rings. The molecule has 1 atom stereocenters. The topological polar surface area (TPSA) is 78.5 Å². The Labute approximate surface area is 180 Å². The lowest BCUT2D eigenvalue weighted by Crippen LogP contribution is -2.42. The van der Waals surface area contributed by atoms with Gasteiger partial charge in [-0.1, -0.05) is 36.4 Å². The number of rotatable bonds is 8. The highest BCUT2D eigenvalue weighted by Crippen LogP contribution is 2.18. The average Bonchev–Trinajstić information content (AvgIpc) is 2.63. The van der Waals surface area contributed by atoms with Crippen molar-refractivity contribution in [2.75, 3.05) is 20.6 Å². The normalized spacial score (nSPS) is 13.3. The van der Waals surface area contributed by atoms with E-state index < -0.39 is 15.6 Å². The van der Waals surface area contributed by atoms with Crippen molar-refractivity contribution >= 4 is 15.9 Å². The van der Waals surface area contributed by atoms with E-state index in [4.69, 9.17) is 0 Å². The molecule has 0 saturated heterocycles. The number of aryl methyl sites for hydroxylation is 1. The Balaban J connectivity index is 2.16. The van der Waals surface area contributed by atoms with E-state index in [9.17, 15) is 13.2 Å². The van der Waals surface area contributed by atoms with Crippen molar-refractivity contribution in [2.45, 2.75) is 50.6 Å². The van der Waals surface area contributed by atoms with Gasteiger partial charge in [0, 0.05) is 23.7 Å². The first-order chi connectivity index (χ1) is 13.9. The van der Waals surface area contributed by atoms with E-state index in [1.54, 1.807) is 33.8 Å². The number of hydrogen-bond acceptors (Lipinski definition) is 4. The number of nitrogens with zero attached hydrogens (tertiary/aromatic N) is 1. The molecule has 0 aromatic heterocycles. The molecule has 164 valence electrons. The molecule has 2 N–H and O–H groups in total. The summed E-state index contributed by atoms with van der Waals surface area (Å²) in [5, 5.41) is 2.97. The molecule has 2 rings (SSSR count). The van der Waals surface area contributed by atoms with Crippen LogP contribution in [0.5, 0.6) is 0 Å². The van der Waals surface area contributed by atoms with Crippen LogP contribution in [0.1, 0.15) is 42.3 Å². The molecule has 0 radical (unpaired) electrons. The van der Waals surface area contributed by atoms with Gasteiger partial charge in [0.15, 0.2) is 0 Å². The van der Waals surface area contributed by atoms with Gasteiger partial charge in [-0.25, -0.2) is 13.1 Å². The van der Waals surface area contributed by atoms with Gasteiger partial charge in [0.25, 0.3) is 5.91 Å². The molecule has 6 nitrogen and oxygen atoms in total. The third kappa shape index (κ3) is 6.93. The lowest BCUT2D eigenvalue weighted by molar-refractivity contribution is 0.0941. The van der Waals surface area contributed by atoms with E-state index in [1.165, 1.54) is 17.7 Å². The Kier molecular flexibility index (Phi) is 7.80. The van der Waals surface area contributed by atoms with Gasteiger partial charge in [0.2, 0.25) is 10.0 Å². The van der Waals surface area contributed by atoms with Crippen LogP contribution in [0.15, 0.2) is 53.4 Å². The van der Waals surface area contributed by atoms with Crippen LogP contribution in [0.2, 0.25) is 0 Å². The van der Waals surface area contributed by atoms with Crippen molar-refractivity contribution in [1.29, 1.82) is 0 Å². The van der Waals surface area contributed by atoms with Crippen LogP contribution in [-0.2, 0) is 16.4 Å². The zero-order valence-corrected chi connectivity index (χ0v) is 19.5. The zero-order valence-electron chi connectivity index (χ0n) is 18.7. The minimum absolute atomic E-state index is 0.0848. The third-order valence-electron chi connectivity index (χ3n) is 4.75. The Hall–Kier alpha value is -2.22. The number of amides is 1. The van der Waals surface area contributed by atoms with Crippen molar-refractivity contribution in [3.63, 3.8) is 0 Å². The fraction of sp³-hybridized carbons (Fsp3) is 0.435. The van der Waals surface area contributed by atoms with Gasteiger partial charge >= 0.3 is 0 Å². The molecule has 0 aliphatic rings. The molecule has 0 aliphatic carbocycles. The minimum atomic E-state index is -3.71. The monoisotopic (exact) mass is 431 g/mol. The largest absolute Gasteiger partial charge is 0.350 e. The fourth-order valence-corrected chi connectivity index (χ4v) is 4.55. The Bertz CT molecular complexity index is 965. The predicted octanol–water partition coefficient (Wildman–Crippen LogP) is 2.97. The number of carbonyl (C=O) groups excluding carboxylic acids is 1. The molecular formula is C23H33N3O3S. The Morgan fingerprint density at radius 1 is 1.07 bits per heavy atom. The standard InChI is InChI=1S/C23H33N3O3S/c1-17-12-13-20(30(28,29)25-23(2,3)4)15-21(17)22(27)24-16-19(26(5)6)14-18-10-8-7-9-11-18/h7-13,15,19,25H,14,16H2,1-6H3,(H,24,27). The van der Waals surface area contributed by atoms with Gasteiger partial charge in [0.1, 0.15) is 0 Å². The second kappa shape index (κ2) is 9.73. The summed E-state index contributed by atoms with van der Waals surface area (Å²) in [6.07, 6.45) is 0.803. The predicted molar refractivity (Wildman–Crippen MR) is 121 cm³/mol. The number of nitrogens with one attached hydrogen (secondary N) is 2. The molecule has 0 aliphatic heterocycles. The highest BCUT2D eigenvalue weighted by Gasteiger charge is 2.24. The summed E-state index contributed by atoms with van der Waals surface area (Å²) < 4.78 is 27.9. The number of sulfonamides is 1. The molecule has 2 aromatic carbocycles. The van der Waals surface area contributed by atoms with Crippen LogP contribution < -0.4 is 10.0 Å². The smallest absolute Gasteiger partial charge is 0.251 e. The Morgan fingerprint density at radius 2 is 1.70 bits per heavy atom. The number of likely N-dealkylation sites (N-methyl/N-ethyl adjacent to an activating group) is 1. The molecule has 0 heterocycles. The van der Waals surface area contributed by atoms with Crippen molar-refractivity contribution in [1.82, 2.24) is 14.9 Å². The van der Waals surface area contributed by atoms with E-state index in [1.807, 2.05) is 32.3 Å². The van der Waals surface area contributed by atoms with Crippen LogP contribution >= 0.6 is 0 Å². The number of benzene rings is 2. The van der Waals surface area contributed by atoms with E-state index in [-0.39, 0.29) is 16.8 Å². The van der Waals surface area contributed by atoms with Gasteiger partial charge in [0.05, 0.1) is 4.90 Å². The van der Waals surface area contributed by atoms with Gasteiger partial charge in [-0.05, 0) is 71.5 Å². The first kappa shape index (κ1) is 24.1. The van der Waals surface area contributed by atoms with E-state index in [0.717, 1.165) is 12.0 Å². The van der Waals surface area contributed by atoms with Crippen LogP contribution in [-0.4, -0.2) is 51.4 Å². The molecule has 0 bridgehead atoms. The van der Waals surface area contributed by atoms with E-state index in [0.29, 0.717) is 12.1 Å². The molecule has 0 saturated carbocycles. The maximum absolute atomic E-state index is 12.9. The summed E-state index contributed by atoms with van der Waals surface area (Å²) in [4.78, 5) is 15.0. The van der Waals surface area contributed by atoms with Crippen LogP contribution in [0.25, 0.3) is 0 Å². The summed E-state index contributed by atoms with van der Waals surface area (Å²) in [6, 6.07) is 14.9. The van der Waals surface area contributed by atoms with Gasteiger partial charge in [-0.15, -0.1) is 0 Å². The highest BCUT2D eigenvalue weighted by molar-refractivity contribution is 7.89. The maximum Gasteiger partial charge on any atom is 0.251 e. The van der Waals surface area contributed by atoms with E-state index in [2.05, 4.69) is 27.1 Å². The number of carbonyl (C=O) groups is 1. The van der Waals surface area contributed by atoms with Gasteiger partial charge < -0.3 is 10.2 Å². The van der Waals surface area contributed by atoms with E-state index >= 15 is 0 Å². The lowest BCUT2D eigenvalue weighted by Gasteiger charge is -2.25. The number of hydrogen-bond donors (Lipinski definition) is 2. The third-order valence-corrected chi connectivity index (χ3v) is 6.50. The SMILES string of the molecule is Cc1ccc(S(=O)(=O)NC(C)(C)C)cc1C(=O)NCC(Cc1ccccc1)N(C)C. The lowest BCUT2D eigenvalue weighted by atomic mass is 10.0. The second-order valence-electron chi connectivity index (χ2n) is 8.85. The summed E-state index contributed by atoms with van der Waals surface area (Å²) in [5.74, 6) is -0.278. The quantitative estimate of drug-likeness (QED) is 0.674. The summed E-state index contributed by atoms with van der Waals surface area (Å²) in [7, 11) is 0.251. The molecule has 1 amide bonds. The summed E-state index contributed by atoms with van der Waals surface area (Å²) in [5.41, 5.74) is 1.68. The highest BCUT2D eigenvalue weighted by atomic mass is 32.2. The van der Waals surface area contributed by atoms with Crippen molar-refractivity contribution in [3.8, 4) is 0 Å². The fourth-order valence-electron chi connectivity index (χ4n) is 3.10. The molecule has 2 aromatic rings. The first-order valence-electron chi connectivity index (χ1n) is 10.0. The molecule has 7 heteroatoms. The van der Waals surface area contributed by atoms with Gasteiger partial charge in [-0.2, -0.15) is 0 Å². The van der Waals surface area contributed by atoms with Crippen LogP contribution in [0, 0.1) is 6.92 Å². The molecule has 30 heavy (non-hydrogen) atoms. The summed E-state index contributed by atoms with van der Waals surface area (Å²) in [6.45, 7) is 7.59. The molecule has 1 unspecified atom stereocenters. The molecular weight excluding hydrogens is 398 g/mol. The minimum Gasteiger partial charge on any atom is -0.350 e. The Morgan fingerprint density at radius 3 is 2.27 bits per heavy atom. The van der Waals surface area contributed by atoms with Crippen molar-refractivity contribution < 1.29 is 13.2 Å². The maximum atomic E-state index is 12.9. The van der Waals surface area contributed by atoms with Crippen molar-refractivity contribution in [3.05, 3.63) is 65.2 Å². The zero-order chi connectivity index (χ0) is 22.5.